The van der Waals surface area contributed by atoms with Crippen LogP contribution in [0.5, 0.6) is 0 Å². The van der Waals surface area contributed by atoms with E-state index in [4.69, 9.17) is 10.5 Å². The van der Waals surface area contributed by atoms with Crippen LogP contribution in [0.3, 0.4) is 0 Å². The van der Waals surface area contributed by atoms with Gasteiger partial charge in [0.05, 0.1) is 25.2 Å². The van der Waals surface area contributed by atoms with E-state index in [1.54, 1.807) is 6.20 Å². The summed E-state index contributed by atoms with van der Waals surface area (Å²) in [5, 5.41) is 0. The van der Waals surface area contributed by atoms with Crippen molar-refractivity contribution in [2.75, 3.05) is 43.4 Å². The van der Waals surface area contributed by atoms with Gasteiger partial charge in [0.25, 0.3) is 0 Å². The highest BCUT2D eigenvalue weighted by atomic mass is 16.5. The minimum Gasteiger partial charge on any atom is -0.372 e. The van der Waals surface area contributed by atoms with Crippen molar-refractivity contribution in [3.05, 3.63) is 54.2 Å². The van der Waals surface area contributed by atoms with Gasteiger partial charge in [-0.3, -0.25) is 4.79 Å². The Kier molecular flexibility index (Phi) is 5.76. The van der Waals surface area contributed by atoms with E-state index in [2.05, 4.69) is 39.2 Å². The fourth-order valence-electron chi connectivity index (χ4n) is 4.03. The topological polar surface area (TPSA) is 84.6 Å². The lowest BCUT2D eigenvalue weighted by Crippen LogP contribution is -2.52. The summed E-state index contributed by atoms with van der Waals surface area (Å²) in [7, 11) is 0. The molecule has 4 rings (SSSR count). The zero-order valence-corrected chi connectivity index (χ0v) is 16.5. The first-order valence-electron chi connectivity index (χ1n) is 10.1. The molecule has 0 atom stereocenters. The molecule has 7 heteroatoms. The van der Waals surface area contributed by atoms with Crippen LogP contribution in [-0.4, -0.2) is 59.2 Å². The number of amides is 1. The maximum atomic E-state index is 12.6. The van der Waals surface area contributed by atoms with Crippen LogP contribution in [0.4, 0.5) is 11.8 Å². The van der Waals surface area contributed by atoms with Crippen LogP contribution in [0, 0.1) is 0 Å². The number of ether oxygens (including phenoxy) is 1. The predicted molar refractivity (Wildman–Crippen MR) is 113 cm³/mol. The molecular weight excluding hydrogens is 366 g/mol. The molecule has 2 saturated heterocycles. The second-order valence-electron chi connectivity index (χ2n) is 7.63. The lowest BCUT2D eigenvalue weighted by Gasteiger charge is -2.42. The minimum absolute atomic E-state index is 0.158. The molecule has 2 fully saturated rings. The van der Waals surface area contributed by atoms with Crippen LogP contribution >= 0.6 is 0 Å². The Bertz CT molecular complexity index is 863. The highest BCUT2D eigenvalue weighted by Gasteiger charge is 2.40. The molecule has 0 aliphatic carbocycles. The normalized spacial score (nSPS) is 19.7. The Hall–Kier alpha value is -2.93. The van der Waals surface area contributed by atoms with Gasteiger partial charge in [-0.2, -0.15) is 4.98 Å². The van der Waals surface area contributed by atoms with E-state index >= 15 is 0 Å². The van der Waals surface area contributed by atoms with Gasteiger partial charge in [0.1, 0.15) is 5.82 Å². The SMILES string of the molecule is Nc1nccc(N2CCC3(CC2)CN(C/C=C/c2ccccc2)C(=O)CCO3)n1. The third-order valence-corrected chi connectivity index (χ3v) is 5.65. The van der Waals surface area contributed by atoms with Crippen LogP contribution < -0.4 is 10.6 Å². The maximum absolute atomic E-state index is 12.6. The molecule has 1 aromatic carbocycles. The molecule has 2 aliphatic heterocycles. The van der Waals surface area contributed by atoms with Crippen molar-refractivity contribution in [3.63, 3.8) is 0 Å². The van der Waals surface area contributed by atoms with Crippen LogP contribution in [0.25, 0.3) is 6.08 Å². The largest absolute Gasteiger partial charge is 0.372 e. The van der Waals surface area contributed by atoms with Crippen molar-refractivity contribution in [3.8, 4) is 0 Å². The van der Waals surface area contributed by atoms with Crippen molar-refractivity contribution in [1.29, 1.82) is 0 Å². The van der Waals surface area contributed by atoms with E-state index < -0.39 is 0 Å². The number of rotatable bonds is 4. The van der Waals surface area contributed by atoms with E-state index in [0.29, 0.717) is 26.1 Å². The molecule has 152 valence electrons. The van der Waals surface area contributed by atoms with E-state index in [0.717, 1.165) is 37.3 Å². The third-order valence-electron chi connectivity index (χ3n) is 5.65. The van der Waals surface area contributed by atoms with Crippen LogP contribution in [-0.2, 0) is 9.53 Å². The number of carbonyl (C=O) groups excluding carboxylic acids is 1. The van der Waals surface area contributed by atoms with Gasteiger partial charge in [-0.25, -0.2) is 4.98 Å². The second-order valence-corrected chi connectivity index (χ2v) is 7.63. The molecule has 3 heterocycles. The van der Waals surface area contributed by atoms with Gasteiger partial charge in [-0.15, -0.1) is 0 Å². The lowest BCUT2D eigenvalue weighted by atomic mass is 9.90. The standard InChI is InChI=1S/C22H27N5O2/c23-21-24-12-8-19(25-21)26-14-10-22(11-15-26)17-27(20(28)9-16-29-22)13-4-7-18-5-2-1-3-6-18/h1-8,12H,9-11,13-17H2,(H2,23,24,25)/b7-4+. The summed E-state index contributed by atoms with van der Waals surface area (Å²) >= 11 is 0. The summed E-state index contributed by atoms with van der Waals surface area (Å²) in [6.07, 6.45) is 7.95. The van der Waals surface area contributed by atoms with Gasteiger partial charge in [0, 0.05) is 25.8 Å². The second kappa shape index (κ2) is 8.61. The van der Waals surface area contributed by atoms with Gasteiger partial charge < -0.3 is 20.3 Å². The third kappa shape index (κ3) is 4.74. The summed E-state index contributed by atoms with van der Waals surface area (Å²) in [5.74, 6) is 1.29. The van der Waals surface area contributed by atoms with Gasteiger partial charge in [0.15, 0.2) is 0 Å². The minimum atomic E-state index is -0.290. The van der Waals surface area contributed by atoms with E-state index in [1.807, 2.05) is 29.2 Å². The Morgan fingerprint density at radius 1 is 1.17 bits per heavy atom. The van der Waals surface area contributed by atoms with E-state index in [-0.39, 0.29) is 17.5 Å². The molecule has 1 spiro atoms. The van der Waals surface area contributed by atoms with Gasteiger partial charge >= 0.3 is 0 Å². The summed E-state index contributed by atoms with van der Waals surface area (Å²) in [6, 6.07) is 12.0. The van der Waals surface area contributed by atoms with Crippen molar-refractivity contribution in [2.45, 2.75) is 24.9 Å². The molecule has 2 N–H and O–H groups in total. The van der Waals surface area contributed by atoms with Gasteiger partial charge in [-0.05, 0) is 24.5 Å². The van der Waals surface area contributed by atoms with Crippen LogP contribution in [0.1, 0.15) is 24.8 Å². The van der Waals surface area contributed by atoms with E-state index in [9.17, 15) is 4.79 Å². The first kappa shape index (κ1) is 19.4. The number of anilines is 2. The zero-order chi connectivity index (χ0) is 20.1. The first-order valence-corrected chi connectivity index (χ1v) is 10.1. The average molecular weight is 393 g/mol. The quantitative estimate of drug-likeness (QED) is 0.858. The zero-order valence-electron chi connectivity index (χ0n) is 16.5. The molecule has 1 aromatic heterocycles. The predicted octanol–water partition coefficient (Wildman–Crippen LogP) is 2.36. The summed E-state index contributed by atoms with van der Waals surface area (Å²) < 4.78 is 6.23. The van der Waals surface area contributed by atoms with E-state index in [1.165, 1.54) is 0 Å². The number of hydrogen-bond donors (Lipinski definition) is 1. The van der Waals surface area contributed by atoms with Crippen molar-refractivity contribution >= 4 is 23.7 Å². The smallest absolute Gasteiger partial charge is 0.225 e. The Balaban J connectivity index is 1.40. The molecule has 29 heavy (non-hydrogen) atoms. The molecular formula is C22H27N5O2. The fraction of sp³-hybridized carbons (Fsp3) is 0.409. The van der Waals surface area contributed by atoms with Gasteiger partial charge in [-0.1, -0.05) is 42.5 Å². The number of nitrogens with two attached hydrogens (primary N) is 1. The highest BCUT2D eigenvalue weighted by molar-refractivity contribution is 5.77. The number of hydrogen-bond acceptors (Lipinski definition) is 6. The summed E-state index contributed by atoms with van der Waals surface area (Å²) in [5.41, 5.74) is 6.57. The van der Waals surface area contributed by atoms with Crippen molar-refractivity contribution < 1.29 is 9.53 Å². The monoisotopic (exact) mass is 393 g/mol. The molecule has 2 aromatic rings. The molecule has 7 nitrogen and oxygen atoms in total. The lowest BCUT2D eigenvalue weighted by molar-refractivity contribution is -0.130. The van der Waals surface area contributed by atoms with Gasteiger partial charge in [0.2, 0.25) is 11.9 Å². The number of benzene rings is 1. The summed E-state index contributed by atoms with van der Waals surface area (Å²) in [4.78, 5) is 25.0. The molecule has 0 radical (unpaired) electrons. The Morgan fingerprint density at radius 3 is 2.72 bits per heavy atom. The fourth-order valence-corrected chi connectivity index (χ4v) is 4.03. The first-order chi connectivity index (χ1) is 14.1. The number of carbonyl (C=O) groups is 1. The van der Waals surface area contributed by atoms with Crippen molar-refractivity contribution in [2.24, 2.45) is 0 Å². The average Bonchev–Trinajstić information content (AvgIpc) is 2.88. The Morgan fingerprint density at radius 2 is 1.97 bits per heavy atom. The molecule has 1 amide bonds. The number of nitrogen functional groups attached to an aromatic ring is 1. The number of aromatic nitrogens is 2. The number of piperidine rings is 1. The maximum Gasteiger partial charge on any atom is 0.225 e. The van der Waals surface area contributed by atoms with Crippen molar-refractivity contribution in [1.82, 2.24) is 14.9 Å². The highest BCUT2D eigenvalue weighted by Crippen LogP contribution is 2.31. The van der Waals surface area contributed by atoms with Crippen LogP contribution in [0.15, 0.2) is 48.7 Å². The molecule has 2 aliphatic rings. The Labute approximate surface area is 171 Å². The molecule has 0 saturated carbocycles. The van der Waals surface area contributed by atoms with Crippen LogP contribution in [0.2, 0.25) is 0 Å². The number of nitrogens with zero attached hydrogens (tertiary/aromatic N) is 4. The molecule has 0 unspecified atom stereocenters. The summed E-state index contributed by atoms with van der Waals surface area (Å²) in [6.45, 7) is 3.35. The molecule has 0 bridgehead atoms.